The zero-order valence-corrected chi connectivity index (χ0v) is 14.4. The molecule has 0 saturated heterocycles. The Hall–Kier alpha value is -2.09. The molecule has 0 aromatic heterocycles. The highest BCUT2D eigenvalue weighted by Gasteiger charge is 2.26. The Morgan fingerprint density at radius 2 is 1.54 bits per heavy atom. The molecule has 2 heteroatoms. The summed E-state index contributed by atoms with van der Waals surface area (Å²) in [4.78, 5) is 12.7. The van der Waals surface area contributed by atoms with E-state index in [2.05, 4.69) is 54.7 Å². The Bertz CT molecular complexity index is 630. The summed E-state index contributed by atoms with van der Waals surface area (Å²) in [6, 6.07) is 21.2. The van der Waals surface area contributed by atoms with E-state index in [1.807, 2.05) is 18.2 Å². The van der Waals surface area contributed by atoms with Crippen molar-refractivity contribution in [3.63, 3.8) is 0 Å². The maximum Gasteiger partial charge on any atom is 0.227 e. The Kier molecular flexibility index (Phi) is 5.68. The number of nitrogens with one attached hydrogen (secondary N) is 1. The van der Waals surface area contributed by atoms with Gasteiger partial charge in [0.15, 0.2) is 0 Å². The Morgan fingerprint density at radius 1 is 0.958 bits per heavy atom. The number of carbonyl (C=O) groups excluding carboxylic acids is 1. The van der Waals surface area contributed by atoms with Gasteiger partial charge in [0.1, 0.15) is 0 Å². The summed E-state index contributed by atoms with van der Waals surface area (Å²) in [5.74, 6) is 0.806. The minimum Gasteiger partial charge on any atom is -0.353 e. The molecule has 0 heterocycles. The van der Waals surface area contributed by atoms with Crippen LogP contribution in [-0.2, 0) is 4.79 Å². The molecule has 1 atom stereocenters. The molecule has 2 aromatic rings. The van der Waals surface area contributed by atoms with Crippen LogP contribution >= 0.6 is 0 Å². The van der Waals surface area contributed by atoms with E-state index in [-0.39, 0.29) is 11.8 Å². The minimum atomic E-state index is -0.0296. The third kappa shape index (κ3) is 4.05. The smallest absolute Gasteiger partial charge is 0.227 e. The van der Waals surface area contributed by atoms with Crippen molar-refractivity contribution in [1.82, 2.24) is 5.32 Å². The summed E-state index contributed by atoms with van der Waals surface area (Å²) in [6.07, 6.45) is 5.33. The number of amides is 1. The lowest BCUT2D eigenvalue weighted by Crippen LogP contribution is -2.40. The first kappa shape index (κ1) is 16.8. The minimum absolute atomic E-state index is 0.0296. The monoisotopic (exact) mass is 321 g/mol. The van der Waals surface area contributed by atoms with Gasteiger partial charge in [0, 0.05) is 6.04 Å². The van der Waals surface area contributed by atoms with Crippen molar-refractivity contribution in [2.45, 2.75) is 56.9 Å². The zero-order valence-electron chi connectivity index (χ0n) is 14.4. The van der Waals surface area contributed by atoms with Gasteiger partial charge in [-0.1, -0.05) is 67.6 Å². The van der Waals surface area contributed by atoms with Crippen LogP contribution in [-0.4, -0.2) is 11.9 Å². The lowest BCUT2D eigenvalue weighted by atomic mass is 9.81. The summed E-state index contributed by atoms with van der Waals surface area (Å²) >= 11 is 0. The maximum absolute atomic E-state index is 12.7. The molecular formula is C22H27NO. The van der Waals surface area contributed by atoms with E-state index in [0.29, 0.717) is 12.0 Å². The van der Waals surface area contributed by atoms with Crippen LogP contribution in [0.4, 0.5) is 0 Å². The number of rotatable bonds is 5. The number of benzene rings is 2. The zero-order chi connectivity index (χ0) is 16.8. The average molecular weight is 321 g/mol. The molecule has 0 spiro atoms. The normalized spacial score (nSPS) is 21.9. The van der Waals surface area contributed by atoms with Crippen molar-refractivity contribution in [2.24, 2.45) is 0 Å². The van der Waals surface area contributed by atoms with Gasteiger partial charge in [0.05, 0.1) is 5.92 Å². The highest BCUT2D eigenvalue weighted by molar-refractivity contribution is 5.83. The van der Waals surface area contributed by atoms with Crippen molar-refractivity contribution in [1.29, 1.82) is 0 Å². The molecule has 1 unspecified atom stereocenters. The molecule has 0 radical (unpaired) electrons. The fourth-order valence-electron chi connectivity index (χ4n) is 3.86. The predicted molar refractivity (Wildman–Crippen MR) is 99.1 cm³/mol. The van der Waals surface area contributed by atoms with E-state index in [4.69, 9.17) is 0 Å². The molecule has 0 bridgehead atoms. The molecule has 3 rings (SSSR count). The molecule has 2 nitrogen and oxygen atoms in total. The highest BCUT2D eigenvalue weighted by atomic mass is 16.1. The molecule has 1 aliphatic rings. The van der Waals surface area contributed by atoms with Gasteiger partial charge in [-0.15, -0.1) is 0 Å². The Balaban J connectivity index is 1.55. The van der Waals surface area contributed by atoms with Gasteiger partial charge in [0.25, 0.3) is 0 Å². The van der Waals surface area contributed by atoms with E-state index in [0.717, 1.165) is 37.7 Å². The topological polar surface area (TPSA) is 29.1 Å². The molecule has 1 saturated carbocycles. The summed E-state index contributed by atoms with van der Waals surface area (Å²) in [6.45, 7) is 2.09. The quantitative estimate of drug-likeness (QED) is 0.823. The van der Waals surface area contributed by atoms with Gasteiger partial charge >= 0.3 is 0 Å². The van der Waals surface area contributed by atoms with Crippen molar-refractivity contribution in [2.75, 3.05) is 0 Å². The standard InChI is InChI=1S/C22H27NO/c1-2-21(19-11-7-4-8-12-19)22(24)23-20-15-13-18(14-16-20)17-9-5-3-6-10-17/h3-12,18,20-21H,2,13-16H2,1H3,(H,23,24). The first-order valence-electron chi connectivity index (χ1n) is 9.18. The van der Waals surface area contributed by atoms with Crippen LogP contribution in [0.5, 0.6) is 0 Å². The molecule has 1 aliphatic carbocycles. The summed E-state index contributed by atoms with van der Waals surface area (Å²) < 4.78 is 0. The SMILES string of the molecule is CCC(C(=O)NC1CCC(c2ccccc2)CC1)c1ccccc1. The lowest BCUT2D eigenvalue weighted by Gasteiger charge is -2.30. The number of hydrogen-bond donors (Lipinski definition) is 1. The molecule has 1 fully saturated rings. The largest absolute Gasteiger partial charge is 0.353 e. The fraction of sp³-hybridized carbons (Fsp3) is 0.409. The molecule has 126 valence electrons. The van der Waals surface area contributed by atoms with E-state index in [9.17, 15) is 4.79 Å². The second kappa shape index (κ2) is 8.14. The summed E-state index contributed by atoms with van der Waals surface area (Å²) in [7, 11) is 0. The second-order valence-corrected chi connectivity index (χ2v) is 6.84. The second-order valence-electron chi connectivity index (χ2n) is 6.84. The van der Waals surface area contributed by atoms with E-state index >= 15 is 0 Å². The van der Waals surface area contributed by atoms with E-state index in [1.54, 1.807) is 0 Å². The molecule has 24 heavy (non-hydrogen) atoms. The maximum atomic E-state index is 12.7. The molecule has 0 aliphatic heterocycles. The van der Waals surface area contributed by atoms with Crippen LogP contribution < -0.4 is 5.32 Å². The molecule has 1 amide bonds. The molecule has 2 aromatic carbocycles. The van der Waals surface area contributed by atoms with Crippen LogP contribution in [0.15, 0.2) is 60.7 Å². The first-order chi connectivity index (χ1) is 11.8. The summed E-state index contributed by atoms with van der Waals surface area (Å²) in [5, 5.41) is 3.30. The van der Waals surface area contributed by atoms with Gasteiger partial charge < -0.3 is 5.32 Å². The van der Waals surface area contributed by atoms with Crippen LogP contribution in [0.3, 0.4) is 0 Å². The molecular weight excluding hydrogens is 294 g/mol. The van der Waals surface area contributed by atoms with Crippen LogP contribution in [0.25, 0.3) is 0 Å². The lowest BCUT2D eigenvalue weighted by molar-refractivity contribution is -0.123. The van der Waals surface area contributed by atoms with Crippen LogP contribution in [0, 0.1) is 0 Å². The Morgan fingerprint density at radius 3 is 2.12 bits per heavy atom. The van der Waals surface area contributed by atoms with E-state index < -0.39 is 0 Å². The van der Waals surface area contributed by atoms with Gasteiger partial charge in [-0.25, -0.2) is 0 Å². The average Bonchev–Trinajstić information content (AvgIpc) is 2.64. The third-order valence-electron chi connectivity index (χ3n) is 5.27. The van der Waals surface area contributed by atoms with Gasteiger partial charge in [-0.3, -0.25) is 4.79 Å². The van der Waals surface area contributed by atoms with Crippen molar-refractivity contribution < 1.29 is 4.79 Å². The van der Waals surface area contributed by atoms with Crippen LogP contribution in [0.2, 0.25) is 0 Å². The van der Waals surface area contributed by atoms with Crippen molar-refractivity contribution in [3.05, 3.63) is 71.8 Å². The van der Waals surface area contributed by atoms with Gasteiger partial charge in [0.2, 0.25) is 5.91 Å². The fourth-order valence-corrected chi connectivity index (χ4v) is 3.86. The van der Waals surface area contributed by atoms with Crippen LogP contribution in [0.1, 0.15) is 62.0 Å². The van der Waals surface area contributed by atoms with Crippen molar-refractivity contribution >= 4 is 5.91 Å². The highest BCUT2D eigenvalue weighted by Crippen LogP contribution is 2.33. The van der Waals surface area contributed by atoms with Gasteiger partial charge in [-0.2, -0.15) is 0 Å². The summed E-state index contributed by atoms with van der Waals surface area (Å²) in [5.41, 5.74) is 2.56. The van der Waals surface area contributed by atoms with Crippen molar-refractivity contribution in [3.8, 4) is 0 Å². The third-order valence-corrected chi connectivity index (χ3v) is 5.27. The van der Waals surface area contributed by atoms with E-state index in [1.165, 1.54) is 5.56 Å². The predicted octanol–water partition coefficient (Wildman–Crippen LogP) is 5.02. The molecule has 1 N–H and O–H groups in total. The number of carbonyl (C=O) groups is 1. The number of hydrogen-bond acceptors (Lipinski definition) is 1. The van der Waals surface area contributed by atoms with Gasteiger partial charge in [-0.05, 0) is 49.1 Å². The first-order valence-corrected chi connectivity index (χ1v) is 9.18. The Labute approximate surface area is 145 Å².